The summed E-state index contributed by atoms with van der Waals surface area (Å²) in [6.07, 6.45) is 13.3. The highest BCUT2D eigenvalue weighted by molar-refractivity contribution is 8.25. The number of aryl methyl sites for hydroxylation is 1. The molecule has 5 rings (SSSR count). The molecule has 1 aromatic rings. The van der Waals surface area contributed by atoms with Crippen molar-refractivity contribution >= 4 is 35.3 Å². The lowest BCUT2D eigenvalue weighted by atomic mass is 10.2. The Balaban J connectivity index is 1.51. The number of ether oxygens (including phenoxy) is 2. The molecule has 202 valence electrons. The molecule has 0 bridgehead atoms. The second kappa shape index (κ2) is 11.9. The number of nitrogens with zero attached hydrogens (tertiary/aromatic N) is 2. The summed E-state index contributed by atoms with van der Waals surface area (Å²) in [7, 11) is 0. The fourth-order valence-corrected chi connectivity index (χ4v) is 8.34. The van der Waals surface area contributed by atoms with Crippen molar-refractivity contribution in [3.8, 4) is 11.5 Å². The summed E-state index contributed by atoms with van der Waals surface area (Å²) in [4.78, 5) is 29.3. The number of hydrogen-bond donors (Lipinski definition) is 0. The van der Waals surface area contributed by atoms with Gasteiger partial charge >= 0.3 is 0 Å². The summed E-state index contributed by atoms with van der Waals surface area (Å²) in [5.74, 6) is 1.45. The Bertz CT molecular complexity index is 1030. The summed E-state index contributed by atoms with van der Waals surface area (Å²) in [5.41, 5.74) is 1.38. The van der Waals surface area contributed by atoms with E-state index >= 15 is 0 Å². The molecular weight excluding hydrogens is 504 g/mol. The highest BCUT2D eigenvalue weighted by atomic mass is 32.2. The molecule has 0 aromatic heterocycles. The maximum Gasteiger partial charge on any atom is 0.279 e. The van der Waals surface area contributed by atoms with Crippen LogP contribution in [0.5, 0.6) is 11.5 Å². The number of amides is 2. The molecule has 37 heavy (non-hydrogen) atoms. The van der Waals surface area contributed by atoms with Crippen molar-refractivity contribution in [2.75, 3.05) is 13.1 Å². The molecule has 4 aliphatic rings. The van der Waals surface area contributed by atoms with Gasteiger partial charge in [-0.15, -0.1) is 0 Å². The first kappa shape index (κ1) is 26.8. The Kier molecular flexibility index (Phi) is 8.64. The smallest absolute Gasteiger partial charge is 0.279 e. The van der Waals surface area contributed by atoms with E-state index in [-0.39, 0.29) is 24.0 Å². The number of rotatable bonds is 10. The van der Waals surface area contributed by atoms with Crippen molar-refractivity contribution in [3.05, 3.63) is 21.4 Å². The fraction of sp³-hybridized carbons (Fsp3) is 0.655. The van der Waals surface area contributed by atoms with Crippen molar-refractivity contribution in [3.63, 3.8) is 0 Å². The molecule has 2 amide bonds. The van der Waals surface area contributed by atoms with Crippen molar-refractivity contribution in [1.82, 2.24) is 10.0 Å². The monoisotopic (exact) mass is 544 g/mol. The molecule has 1 saturated heterocycles. The van der Waals surface area contributed by atoms with Crippen molar-refractivity contribution in [2.45, 2.75) is 120 Å². The van der Waals surface area contributed by atoms with Gasteiger partial charge < -0.3 is 9.47 Å². The lowest BCUT2D eigenvalue weighted by Gasteiger charge is -2.27. The number of hydrogen-bond acceptors (Lipinski definition) is 6. The van der Waals surface area contributed by atoms with E-state index in [9.17, 15) is 9.59 Å². The molecule has 0 radical (unpaired) electrons. The van der Waals surface area contributed by atoms with Gasteiger partial charge in [0.05, 0.1) is 26.2 Å². The van der Waals surface area contributed by atoms with Crippen LogP contribution in [0.4, 0.5) is 0 Å². The molecule has 1 aromatic carbocycles. The molecule has 6 nitrogen and oxygen atoms in total. The molecule has 0 atom stereocenters. The van der Waals surface area contributed by atoms with Crippen LogP contribution in [0.1, 0.15) is 96.5 Å². The van der Waals surface area contributed by atoms with E-state index in [1.807, 2.05) is 0 Å². The van der Waals surface area contributed by atoms with Gasteiger partial charge in [-0.05, 0) is 82.8 Å². The summed E-state index contributed by atoms with van der Waals surface area (Å²) < 4.78 is 13.9. The lowest BCUT2D eigenvalue weighted by molar-refractivity contribution is -0.147. The number of benzene rings is 1. The van der Waals surface area contributed by atoms with Gasteiger partial charge in [0, 0.05) is 13.1 Å². The summed E-state index contributed by atoms with van der Waals surface area (Å²) in [6, 6.07) is 2.11. The Hall–Kier alpha value is -1.80. The SMILES string of the molecule is CCCCN1C(=O)C(=C2Sc3c(OC4CCCC4)cc(C)c(OC4CCCC4)c3S2)C(=O)N1CCCC. The van der Waals surface area contributed by atoms with Gasteiger partial charge in [0.2, 0.25) is 0 Å². The molecule has 2 heterocycles. The van der Waals surface area contributed by atoms with Crippen molar-refractivity contribution < 1.29 is 19.1 Å². The number of carbonyl (C=O) groups is 2. The largest absolute Gasteiger partial charge is 0.489 e. The van der Waals surface area contributed by atoms with Crippen LogP contribution in [0.2, 0.25) is 0 Å². The zero-order chi connectivity index (χ0) is 25.9. The van der Waals surface area contributed by atoms with Crippen molar-refractivity contribution in [2.24, 2.45) is 0 Å². The van der Waals surface area contributed by atoms with Gasteiger partial charge in [-0.2, -0.15) is 0 Å². The van der Waals surface area contributed by atoms with Crippen LogP contribution in [0.25, 0.3) is 0 Å². The number of hydrazine groups is 1. The van der Waals surface area contributed by atoms with Crippen LogP contribution in [-0.2, 0) is 9.59 Å². The van der Waals surface area contributed by atoms with Gasteiger partial charge in [-0.3, -0.25) is 9.59 Å². The highest BCUT2D eigenvalue weighted by Gasteiger charge is 2.45. The topological polar surface area (TPSA) is 59.1 Å². The minimum atomic E-state index is -0.161. The second-order valence-electron chi connectivity index (χ2n) is 10.7. The maximum absolute atomic E-state index is 13.6. The van der Waals surface area contributed by atoms with Crippen LogP contribution in [0.3, 0.4) is 0 Å². The van der Waals surface area contributed by atoms with Gasteiger partial charge in [0.25, 0.3) is 11.8 Å². The molecule has 0 unspecified atom stereocenters. The van der Waals surface area contributed by atoms with E-state index in [2.05, 4.69) is 26.8 Å². The highest BCUT2D eigenvalue weighted by Crippen LogP contribution is 2.61. The van der Waals surface area contributed by atoms with E-state index in [1.54, 1.807) is 10.0 Å². The van der Waals surface area contributed by atoms with Crippen molar-refractivity contribution in [1.29, 1.82) is 0 Å². The predicted molar refractivity (Wildman–Crippen MR) is 149 cm³/mol. The van der Waals surface area contributed by atoms with Crippen LogP contribution in [0.15, 0.2) is 25.7 Å². The minimum Gasteiger partial charge on any atom is -0.489 e. The molecule has 8 heteroatoms. The molecular formula is C29H40N2O4S2. The standard InChI is InChI=1S/C29H40N2O4S2/c1-4-6-16-30-27(32)23(28(33)31(30)17-7-5-2)29-36-25-22(34-20-12-8-9-13-20)18-19(3)24(26(25)37-29)35-21-14-10-11-15-21/h18,20-21H,4-17H2,1-3H3. The Morgan fingerprint density at radius 3 is 1.86 bits per heavy atom. The molecule has 0 spiro atoms. The maximum atomic E-state index is 13.6. The molecule has 3 fully saturated rings. The van der Waals surface area contributed by atoms with Gasteiger partial charge in [-0.25, -0.2) is 10.0 Å². The van der Waals surface area contributed by atoms with E-state index in [0.717, 1.165) is 82.5 Å². The van der Waals surface area contributed by atoms with Crippen LogP contribution in [0, 0.1) is 6.92 Å². The average molecular weight is 545 g/mol. The first-order chi connectivity index (χ1) is 18.0. The molecule has 2 aliphatic heterocycles. The Morgan fingerprint density at radius 1 is 0.811 bits per heavy atom. The molecule has 0 N–H and O–H groups in total. The lowest BCUT2D eigenvalue weighted by Crippen LogP contribution is -2.42. The number of carbonyl (C=O) groups excluding carboxylic acids is 2. The third-order valence-electron chi connectivity index (χ3n) is 7.75. The zero-order valence-corrected chi connectivity index (χ0v) is 24.1. The Labute approximate surface area is 229 Å². The van der Waals surface area contributed by atoms with E-state index < -0.39 is 0 Å². The minimum absolute atomic E-state index is 0.161. The summed E-state index contributed by atoms with van der Waals surface area (Å²) >= 11 is 3.06. The quantitative estimate of drug-likeness (QED) is 0.229. The first-order valence-corrected chi connectivity index (χ1v) is 15.9. The number of unbranched alkanes of at least 4 members (excludes halogenated alkanes) is 2. The van der Waals surface area contributed by atoms with Gasteiger partial charge in [0.1, 0.15) is 17.1 Å². The van der Waals surface area contributed by atoms with Crippen LogP contribution in [-0.4, -0.2) is 47.1 Å². The average Bonchev–Trinajstić information content (AvgIpc) is 3.68. The van der Waals surface area contributed by atoms with E-state index in [1.165, 1.54) is 49.2 Å². The fourth-order valence-electron chi connectivity index (χ4n) is 5.62. The number of thioether (sulfide) groups is 2. The van der Waals surface area contributed by atoms with Crippen LogP contribution < -0.4 is 9.47 Å². The summed E-state index contributed by atoms with van der Waals surface area (Å²) in [6.45, 7) is 7.46. The Morgan fingerprint density at radius 2 is 1.32 bits per heavy atom. The second-order valence-corrected chi connectivity index (χ2v) is 13.0. The third-order valence-corrected chi connectivity index (χ3v) is 10.4. The van der Waals surface area contributed by atoms with Crippen LogP contribution >= 0.6 is 23.5 Å². The zero-order valence-electron chi connectivity index (χ0n) is 22.5. The van der Waals surface area contributed by atoms with E-state index in [4.69, 9.17) is 9.47 Å². The molecule has 2 saturated carbocycles. The first-order valence-electron chi connectivity index (χ1n) is 14.3. The normalized spacial score (nSPS) is 20.6. The third kappa shape index (κ3) is 5.51. The number of fused-ring (bicyclic) bond motifs is 1. The van der Waals surface area contributed by atoms with Gasteiger partial charge in [0.15, 0.2) is 0 Å². The van der Waals surface area contributed by atoms with Gasteiger partial charge in [-0.1, -0.05) is 50.2 Å². The summed E-state index contributed by atoms with van der Waals surface area (Å²) in [5, 5.41) is 3.37. The van der Waals surface area contributed by atoms with E-state index in [0.29, 0.717) is 18.7 Å². The predicted octanol–water partition coefficient (Wildman–Crippen LogP) is 7.23. The molecule has 2 aliphatic carbocycles.